The van der Waals surface area contributed by atoms with Crippen molar-refractivity contribution in [1.29, 1.82) is 0 Å². The molecule has 2 aliphatic heterocycles. The maximum Gasteiger partial charge on any atom is 0.407 e. The predicted molar refractivity (Wildman–Crippen MR) is 135 cm³/mol. The first-order valence-electron chi connectivity index (χ1n) is 11.9. The number of para-hydroxylation sites is 1. The van der Waals surface area contributed by atoms with E-state index in [1.807, 2.05) is 91.7 Å². The molecule has 180 valence electrons. The Morgan fingerprint density at radius 1 is 1.03 bits per heavy atom. The summed E-state index contributed by atoms with van der Waals surface area (Å²) in [6.07, 6.45) is 0.101. The molecule has 0 fully saturated rings. The molecule has 0 saturated heterocycles. The lowest BCUT2D eigenvalue weighted by molar-refractivity contribution is 0.0971. The van der Waals surface area contributed by atoms with Gasteiger partial charge < -0.3 is 24.6 Å². The van der Waals surface area contributed by atoms with Crippen LogP contribution in [0.15, 0.2) is 72.8 Å². The zero-order valence-electron chi connectivity index (χ0n) is 19.9. The minimum atomic E-state index is -0.475. The second-order valence-corrected chi connectivity index (χ2v) is 9.03. The molecule has 0 radical (unpaired) electrons. The minimum Gasteiger partial charge on any atom is -0.490 e. The first kappa shape index (κ1) is 22.8. The molecule has 0 aliphatic carbocycles. The first-order valence-corrected chi connectivity index (χ1v) is 11.9. The zero-order valence-corrected chi connectivity index (χ0v) is 19.9. The van der Waals surface area contributed by atoms with Crippen LogP contribution in [0.4, 0.5) is 16.2 Å². The van der Waals surface area contributed by atoms with Crippen LogP contribution in [0, 0.1) is 0 Å². The standard InChI is InChI=1S/C28H29N3O4/c1-19-16-23(29-28(33)35-18-20-8-4-3-5-9-20)22-10-6-7-11-24(22)31(19)27(32)21-12-13-25-26(17-21)34-15-14-30(25)2/h3-13,17,19,23H,14-16,18H2,1-2H3,(H,29,33)/t19-,23+/m0/s1. The molecule has 2 amide bonds. The van der Waals surface area contributed by atoms with Crippen molar-refractivity contribution >= 4 is 23.4 Å². The van der Waals surface area contributed by atoms with Gasteiger partial charge in [-0.25, -0.2) is 4.79 Å². The normalized spacial score (nSPS) is 18.7. The van der Waals surface area contributed by atoms with Crippen LogP contribution < -0.4 is 19.9 Å². The Bertz CT molecular complexity index is 1230. The summed E-state index contributed by atoms with van der Waals surface area (Å²) in [5.41, 5.74) is 4.18. The van der Waals surface area contributed by atoms with Crippen molar-refractivity contribution in [2.45, 2.75) is 32.0 Å². The number of anilines is 2. The van der Waals surface area contributed by atoms with Gasteiger partial charge in [-0.2, -0.15) is 0 Å². The van der Waals surface area contributed by atoms with E-state index in [9.17, 15) is 9.59 Å². The summed E-state index contributed by atoms with van der Waals surface area (Å²) < 4.78 is 11.2. The fraction of sp³-hybridized carbons (Fsp3) is 0.286. The van der Waals surface area contributed by atoms with Crippen molar-refractivity contribution in [1.82, 2.24) is 5.32 Å². The largest absolute Gasteiger partial charge is 0.490 e. The van der Waals surface area contributed by atoms with Gasteiger partial charge in [0.05, 0.1) is 18.3 Å². The van der Waals surface area contributed by atoms with E-state index in [-0.39, 0.29) is 24.6 Å². The molecular formula is C28H29N3O4. The molecule has 0 unspecified atom stereocenters. The lowest BCUT2D eigenvalue weighted by atomic mass is 9.91. The van der Waals surface area contributed by atoms with E-state index in [2.05, 4.69) is 10.2 Å². The van der Waals surface area contributed by atoms with Crippen LogP contribution in [0.3, 0.4) is 0 Å². The van der Waals surface area contributed by atoms with Gasteiger partial charge in [-0.1, -0.05) is 48.5 Å². The molecule has 3 aromatic carbocycles. The van der Waals surface area contributed by atoms with E-state index in [1.165, 1.54) is 0 Å². The number of hydrogen-bond donors (Lipinski definition) is 1. The van der Waals surface area contributed by atoms with Crippen LogP contribution in [0.1, 0.15) is 40.9 Å². The molecule has 2 heterocycles. The summed E-state index contributed by atoms with van der Waals surface area (Å²) in [5, 5.41) is 3.00. The second-order valence-electron chi connectivity index (χ2n) is 9.03. The molecule has 0 aromatic heterocycles. The highest BCUT2D eigenvalue weighted by atomic mass is 16.5. The maximum absolute atomic E-state index is 13.7. The summed E-state index contributed by atoms with van der Waals surface area (Å²) in [7, 11) is 2.02. The Morgan fingerprint density at radius 3 is 2.63 bits per heavy atom. The molecule has 3 aromatic rings. The van der Waals surface area contributed by atoms with E-state index in [1.54, 1.807) is 0 Å². The number of carbonyl (C=O) groups is 2. The highest BCUT2D eigenvalue weighted by Gasteiger charge is 2.35. The van der Waals surface area contributed by atoms with Crippen molar-refractivity contribution in [3.05, 3.63) is 89.5 Å². The number of hydrogen-bond acceptors (Lipinski definition) is 5. The molecule has 0 bridgehead atoms. The van der Waals surface area contributed by atoms with Gasteiger partial charge in [0.25, 0.3) is 5.91 Å². The van der Waals surface area contributed by atoms with Crippen LogP contribution in [-0.4, -0.2) is 38.2 Å². The van der Waals surface area contributed by atoms with Crippen molar-refractivity contribution < 1.29 is 19.1 Å². The number of alkyl carbamates (subject to hydrolysis) is 1. The predicted octanol–water partition coefficient (Wildman–Crippen LogP) is 4.92. The number of carbonyl (C=O) groups excluding carboxylic acids is 2. The van der Waals surface area contributed by atoms with E-state index >= 15 is 0 Å². The van der Waals surface area contributed by atoms with E-state index in [0.29, 0.717) is 18.6 Å². The SMILES string of the molecule is C[C@H]1C[C@@H](NC(=O)OCc2ccccc2)c2ccccc2N1C(=O)c1ccc2c(c1)OCCN2C. The fourth-order valence-corrected chi connectivity index (χ4v) is 4.80. The summed E-state index contributed by atoms with van der Waals surface area (Å²) in [4.78, 5) is 30.2. The molecule has 5 rings (SSSR count). The third-order valence-electron chi connectivity index (χ3n) is 6.62. The van der Waals surface area contributed by atoms with Gasteiger partial charge in [0.2, 0.25) is 0 Å². The smallest absolute Gasteiger partial charge is 0.407 e. The van der Waals surface area contributed by atoms with Crippen molar-refractivity contribution in [3.8, 4) is 5.75 Å². The Morgan fingerprint density at radius 2 is 1.80 bits per heavy atom. The van der Waals surface area contributed by atoms with Gasteiger partial charge in [-0.15, -0.1) is 0 Å². The number of nitrogens with zero attached hydrogens (tertiary/aromatic N) is 2. The molecule has 0 spiro atoms. The summed E-state index contributed by atoms with van der Waals surface area (Å²) >= 11 is 0. The third-order valence-corrected chi connectivity index (χ3v) is 6.62. The summed E-state index contributed by atoms with van der Waals surface area (Å²) in [6, 6.07) is 22.5. The lowest BCUT2D eigenvalue weighted by Gasteiger charge is -2.39. The molecule has 2 atom stereocenters. The van der Waals surface area contributed by atoms with Gasteiger partial charge in [0, 0.05) is 24.3 Å². The molecule has 2 aliphatic rings. The Kier molecular flexibility index (Phi) is 6.31. The van der Waals surface area contributed by atoms with Gasteiger partial charge in [-0.05, 0) is 48.7 Å². The van der Waals surface area contributed by atoms with Gasteiger partial charge in [0.15, 0.2) is 0 Å². The number of fused-ring (bicyclic) bond motifs is 2. The maximum atomic E-state index is 13.7. The van der Waals surface area contributed by atoms with E-state index in [4.69, 9.17) is 9.47 Å². The quantitative estimate of drug-likeness (QED) is 0.585. The number of benzene rings is 3. The van der Waals surface area contributed by atoms with E-state index < -0.39 is 6.09 Å². The summed E-state index contributed by atoms with van der Waals surface area (Å²) in [5.74, 6) is 0.637. The topological polar surface area (TPSA) is 71.1 Å². The first-order chi connectivity index (χ1) is 17.0. The molecule has 7 heteroatoms. The molecule has 7 nitrogen and oxygen atoms in total. The van der Waals surface area contributed by atoms with Crippen LogP contribution in [0.2, 0.25) is 0 Å². The monoisotopic (exact) mass is 471 g/mol. The highest BCUT2D eigenvalue weighted by Crippen LogP contribution is 2.39. The van der Waals surface area contributed by atoms with Crippen LogP contribution >= 0.6 is 0 Å². The molecule has 35 heavy (non-hydrogen) atoms. The average Bonchev–Trinajstić information content (AvgIpc) is 2.88. The molecular weight excluding hydrogens is 442 g/mol. The average molecular weight is 472 g/mol. The van der Waals surface area contributed by atoms with Crippen molar-refractivity contribution in [2.75, 3.05) is 30.0 Å². The number of amides is 2. The Hall–Kier alpha value is -4.00. The molecule has 1 N–H and O–H groups in total. The number of likely N-dealkylation sites (N-methyl/N-ethyl adjacent to an activating group) is 1. The minimum absolute atomic E-state index is 0.0883. The zero-order chi connectivity index (χ0) is 24.4. The van der Waals surface area contributed by atoms with E-state index in [0.717, 1.165) is 34.8 Å². The van der Waals surface area contributed by atoms with Gasteiger partial charge in [-0.3, -0.25) is 4.79 Å². The second kappa shape index (κ2) is 9.70. The van der Waals surface area contributed by atoms with Gasteiger partial charge >= 0.3 is 6.09 Å². The Balaban J connectivity index is 1.35. The lowest BCUT2D eigenvalue weighted by Crippen LogP contribution is -2.46. The highest BCUT2D eigenvalue weighted by molar-refractivity contribution is 6.08. The molecule has 0 saturated carbocycles. The van der Waals surface area contributed by atoms with Crippen LogP contribution in [-0.2, 0) is 11.3 Å². The fourth-order valence-electron chi connectivity index (χ4n) is 4.80. The summed E-state index contributed by atoms with van der Waals surface area (Å²) in [6.45, 7) is 3.62. The number of rotatable bonds is 4. The third kappa shape index (κ3) is 4.67. The Labute approximate surface area is 205 Å². The number of ether oxygens (including phenoxy) is 2. The van der Waals surface area contributed by atoms with Gasteiger partial charge in [0.1, 0.15) is 19.0 Å². The van der Waals surface area contributed by atoms with Crippen molar-refractivity contribution in [3.63, 3.8) is 0 Å². The van der Waals surface area contributed by atoms with Crippen LogP contribution in [0.5, 0.6) is 5.75 Å². The van der Waals surface area contributed by atoms with Crippen LogP contribution in [0.25, 0.3) is 0 Å². The van der Waals surface area contributed by atoms with Crippen molar-refractivity contribution in [2.24, 2.45) is 0 Å². The number of nitrogens with one attached hydrogen (secondary N) is 1.